The Bertz CT molecular complexity index is 280. The van der Waals surface area contributed by atoms with Gasteiger partial charge in [-0.05, 0) is 58.5 Å². The molecule has 0 aliphatic carbocycles. The van der Waals surface area contributed by atoms with Crippen LogP contribution in [-0.4, -0.2) is 36.1 Å². The maximum atomic E-state index is 9.50. The highest BCUT2D eigenvalue weighted by molar-refractivity contribution is 5.06. The van der Waals surface area contributed by atoms with Gasteiger partial charge < -0.3 is 4.90 Å². The molecule has 0 aromatic rings. The fourth-order valence-corrected chi connectivity index (χ4v) is 2.54. The van der Waals surface area contributed by atoms with Gasteiger partial charge in [-0.25, -0.2) is 0 Å². The number of nitrogens with one attached hydrogen (secondary N) is 1. The average molecular weight is 281 g/mol. The Kier molecular flexibility index (Phi) is 9.88. The van der Waals surface area contributed by atoms with Crippen molar-refractivity contribution < 1.29 is 0 Å². The van der Waals surface area contributed by atoms with Crippen molar-refractivity contribution in [3.8, 4) is 6.07 Å². The Labute approximate surface area is 126 Å². The van der Waals surface area contributed by atoms with E-state index in [-0.39, 0.29) is 5.54 Å². The Morgan fingerprint density at radius 2 is 1.85 bits per heavy atom. The molecule has 3 nitrogen and oxygen atoms in total. The second kappa shape index (κ2) is 10.2. The van der Waals surface area contributed by atoms with E-state index in [2.05, 4.69) is 57.8 Å². The smallest absolute Gasteiger partial charge is 0.106 e. The SMILES string of the molecule is CCCNC(C#N)(CC)CCCN(CC(C)C)C(C)C. The van der Waals surface area contributed by atoms with Crippen LogP contribution in [0, 0.1) is 17.2 Å². The van der Waals surface area contributed by atoms with Crippen molar-refractivity contribution in [1.29, 1.82) is 5.26 Å². The Hall–Kier alpha value is -0.590. The second-order valence-electron chi connectivity index (χ2n) is 6.56. The zero-order chi connectivity index (χ0) is 15.6. The molecule has 0 radical (unpaired) electrons. The van der Waals surface area contributed by atoms with Crippen molar-refractivity contribution in [2.45, 2.75) is 78.8 Å². The highest BCUT2D eigenvalue weighted by atomic mass is 15.1. The normalized spacial score (nSPS) is 14.8. The summed E-state index contributed by atoms with van der Waals surface area (Å²) < 4.78 is 0. The predicted octanol–water partition coefficient (Wildman–Crippen LogP) is 3.80. The van der Waals surface area contributed by atoms with Gasteiger partial charge in [-0.15, -0.1) is 0 Å². The summed E-state index contributed by atoms with van der Waals surface area (Å²) in [5, 5.41) is 12.9. The Morgan fingerprint density at radius 1 is 1.20 bits per heavy atom. The lowest BCUT2D eigenvalue weighted by atomic mass is 9.91. The molecule has 0 bridgehead atoms. The molecule has 1 atom stereocenters. The van der Waals surface area contributed by atoms with Crippen LogP contribution in [0.15, 0.2) is 0 Å². The molecule has 0 saturated heterocycles. The van der Waals surface area contributed by atoms with E-state index in [0.29, 0.717) is 12.0 Å². The van der Waals surface area contributed by atoms with Crippen molar-refractivity contribution in [3.05, 3.63) is 0 Å². The molecule has 0 heterocycles. The van der Waals surface area contributed by atoms with Gasteiger partial charge in [0, 0.05) is 12.6 Å². The Morgan fingerprint density at radius 3 is 2.25 bits per heavy atom. The molecule has 0 rings (SSSR count). The van der Waals surface area contributed by atoms with Crippen LogP contribution in [0.2, 0.25) is 0 Å². The fraction of sp³-hybridized carbons (Fsp3) is 0.941. The van der Waals surface area contributed by atoms with Gasteiger partial charge >= 0.3 is 0 Å². The number of rotatable bonds is 11. The van der Waals surface area contributed by atoms with E-state index >= 15 is 0 Å². The molecule has 0 amide bonds. The second-order valence-corrected chi connectivity index (χ2v) is 6.56. The van der Waals surface area contributed by atoms with Crippen LogP contribution >= 0.6 is 0 Å². The van der Waals surface area contributed by atoms with E-state index in [1.54, 1.807) is 0 Å². The third kappa shape index (κ3) is 7.26. The predicted molar refractivity (Wildman–Crippen MR) is 87.7 cm³/mol. The summed E-state index contributed by atoms with van der Waals surface area (Å²) in [7, 11) is 0. The van der Waals surface area contributed by atoms with Crippen molar-refractivity contribution >= 4 is 0 Å². The zero-order valence-corrected chi connectivity index (χ0v) is 14.5. The van der Waals surface area contributed by atoms with Gasteiger partial charge in [0.25, 0.3) is 0 Å². The van der Waals surface area contributed by atoms with Crippen LogP contribution in [0.1, 0.15) is 67.2 Å². The third-order valence-electron chi connectivity index (χ3n) is 3.91. The summed E-state index contributed by atoms with van der Waals surface area (Å²) in [5.41, 5.74) is -0.323. The number of nitriles is 1. The highest BCUT2D eigenvalue weighted by Crippen LogP contribution is 2.18. The lowest BCUT2D eigenvalue weighted by molar-refractivity contribution is 0.187. The van der Waals surface area contributed by atoms with E-state index in [1.807, 2.05) is 0 Å². The molecule has 0 aliphatic rings. The molecule has 0 aliphatic heterocycles. The number of hydrogen-bond acceptors (Lipinski definition) is 3. The molecule has 0 saturated carbocycles. The molecule has 0 aromatic carbocycles. The first-order valence-corrected chi connectivity index (χ1v) is 8.31. The van der Waals surface area contributed by atoms with Gasteiger partial charge in [-0.2, -0.15) is 5.26 Å². The topological polar surface area (TPSA) is 39.1 Å². The van der Waals surface area contributed by atoms with Crippen molar-refractivity contribution in [3.63, 3.8) is 0 Å². The summed E-state index contributed by atoms with van der Waals surface area (Å²) in [6, 6.07) is 3.10. The fourth-order valence-electron chi connectivity index (χ4n) is 2.54. The number of nitrogens with zero attached hydrogens (tertiary/aromatic N) is 2. The molecular weight excluding hydrogens is 246 g/mol. The molecule has 20 heavy (non-hydrogen) atoms. The summed E-state index contributed by atoms with van der Waals surface area (Å²) in [6.45, 7) is 16.5. The van der Waals surface area contributed by atoms with Crippen LogP contribution in [0.4, 0.5) is 0 Å². The molecule has 0 spiro atoms. The van der Waals surface area contributed by atoms with E-state index in [1.165, 1.54) is 0 Å². The van der Waals surface area contributed by atoms with Crippen molar-refractivity contribution in [2.75, 3.05) is 19.6 Å². The van der Waals surface area contributed by atoms with Gasteiger partial charge in [0.2, 0.25) is 0 Å². The van der Waals surface area contributed by atoms with Crippen LogP contribution in [0.5, 0.6) is 0 Å². The van der Waals surface area contributed by atoms with E-state index in [4.69, 9.17) is 0 Å². The zero-order valence-electron chi connectivity index (χ0n) is 14.5. The summed E-state index contributed by atoms with van der Waals surface area (Å²) in [4.78, 5) is 2.53. The van der Waals surface area contributed by atoms with Crippen LogP contribution in [0.25, 0.3) is 0 Å². The minimum atomic E-state index is -0.323. The van der Waals surface area contributed by atoms with Gasteiger partial charge in [0.15, 0.2) is 0 Å². The third-order valence-corrected chi connectivity index (χ3v) is 3.91. The van der Waals surface area contributed by atoms with Crippen molar-refractivity contribution in [1.82, 2.24) is 10.2 Å². The minimum absolute atomic E-state index is 0.323. The highest BCUT2D eigenvalue weighted by Gasteiger charge is 2.26. The molecule has 1 unspecified atom stereocenters. The largest absolute Gasteiger partial charge is 0.301 e. The van der Waals surface area contributed by atoms with Gasteiger partial charge in [0.1, 0.15) is 5.54 Å². The molecular formula is C17H35N3. The first kappa shape index (κ1) is 19.4. The molecule has 118 valence electrons. The minimum Gasteiger partial charge on any atom is -0.301 e. The van der Waals surface area contributed by atoms with Gasteiger partial charge in [-0.3, -0.25) is 5.32 Å². The first-order valence-electron chi connectivity index (χ1n) is 8.31. The van der Waals surface area contributed by atoms with Crippen LogP contribution < -0.4 is 5.32 Å². The molecule has 0 aromatic heterocycles. The summed E-state index contributed by atoms with van der Waals surface area (Å²) in [6.07, 6.45) is 3.99. The quantitative estimate of drug-likeness (QED) is 0.626. The molecule has 0 fully saturated rings. The maximum absolute atomic E-state index is 9.50. The van der Waals surface area contributed by atoms with Crippen LogP contribution in [0.3, 0.4) is 0 Å². The maximum Gasteiger partial charge on any atom is 0.106 e. The van der Waals surface area contributed by atoms with Crippen LogP contribution in [-0.2, 0) is 0 Å². The summed E-state index contributed by atoms with van der Waals surface area (Å²) >= 11 is 0. The summed E-state index contributed by atoms with van der Waals surface area (Å²) in [5.74, 6) is 0.697. The monoisotopic (exact) mass is 281 g/mol. The molecule has 3 heteroatoms. The van der Waals surface area contributed by atoms with E-state index in [0.717, 1.165) is 45.3 Å². The lowest BCUT2D eigenvalue weighted by Gasteiger charge is -2.31. The van der Waals surface area contributed by atoms with E-state index < -0.39 is 0 Å². The van der Waals surface area contributed by atoms with E-state index in [9.17, 15) is 5.26 Å². The van der Waals surface area contributed by atoms with Crippen molar-refractivity contribution in [2.24, 2.45) is 5.92 Å². The lowest BCUT2D eigenvalue weighted by Crippen LogP contribution is -2.44. The Balaban J connectivity index is 4.37. The van der Waals surface area contributed by atoms with Gasteiger partial charge in [-0.1, -0.05) is 27.7 Å². The average Bonchev–Trinajstić information content (AvgIpc) is 2.41. The van der Waals surface area contributed by atoms with Gasteiger partial charge in [0.05, 0.1) is 6.07 Å². The standard InChI is InChI=1S/C17H35N3/c1-7-11-19-17(8-2,14-18)10-9-12-20(16(5)6)13-15(3)4/h15-16,19H,7-13H2,1-6H3. The first-order chi connectivity index (χ1) is 9.40. The molecule has 1 N–H and O–H groups in total. The number of hydrogen-bond donors (Lipinski definition) is 1.